The largest absolute Gasteiger partial charge is 0.392 e. The number of nitrogens with one attached hydrogen (secondary N) is 1. The van der Waals surface area contributed by atoms with Crippen molar-refractivity contribution in [1.82, 2.24) is 5.32 Å². The molecule has 0 radical (unpaired) electrons. The van der Waals surface area contributed by atoms with Crippen molar-refractivity contribution in [3.63, 3.8) is 0 Å². The van der Waals surface area contributed by atoms with Crippen LogP contribution in [0.3, 0.4) is 0 Å². The van der Waals surface area contributed by atoms with E-state index < -0.39 is 16.9 Å². The maximum Gasteiger partial charge on any atom is 0.293 e. The van der Waals surface area contributed by atoms with Gasteiger partial charge < -0.3 is 20.1 Å². The third-order valence-corrected chi connectivity index (χ3v) is 3.34. The summed E-state index contributed by atoms with van der Waals surface area (Å²) in [6, 6.07) is 4.40. The highest BCUT2D eigenvalue weighted by Crippen LogP contribution is 2.29. The molecule has 1 aliphatic rings. The minimum absolute atomic E-state index is 0.0951. The number of benzene rings is 1. The summed E-state index contributed by atoms with van der Waals surface area (Å²) < 4.78 is 5.24. The predicted molar refractivity (Wildman–Crippen MR) is 80.1 cm³/mol. The zero-order valence-electron chi connectivity index (χ0n) is 12.3. The van der Waals surface area contributed by atoms with E-state index in [0.29, 0.717) is 32.0 Å². The molecule has 1 fully saturated rings. The Bertz CT molecular complexity index is 555. The van der Waals surface area contributed by atoms with Gasteiger partial charge in [-0.1, -0.05) is 0 Å². The predicted octanol–water partition coefficient (Wildman–Crippen LogP) is 0.542. The molecule has 1 saturated heterocycles. The average molecular weight is 309 g/mol. The molecule has 2 rings (SSSR count). The van der Waals surface area contributed by atoms with Gasteiger partial charge in [0.15, 0.2) is 0 Å². The van der Waals surface area contributed by atoms with Crippen LogP contribution in [0.2, 0.25) is 0 Å². The van der Waals surface area contributed by atoms with E-state index >= 15 is 0 Å². The Morgan fingerprint density at radius 1 is 1.50 bits per heavy atom. The summed E-state index contributed by atoms with van der Waals surface area (Å²) in [5, 5.41) is 23.0. The monoisotopic (exact) mass is 309 g/mol. The van der Waals surface area contributed by atoms with Gasteiger partial charge in [-0.2, -0.15) is 0 Å². The molecule has 2 N–H and O–H groups in total. The van der Waals surface area contributed by atoms with E-state index in [2.05, 4.69) is 5.32 Å². The molecule has 1 aromatic rings. The summed E-state index contributed by atoms with van der Waals surface area (Å²) in [7, 11) is 0. The first-order chi connectivity index (χ1) is 10.5. The third kappa shape index (κ3) is 3.92. The zero-order chi connectivity index (χ0) is 16.1. The van der Waals surface area contributed by atoms with Gasteiger partial charge in [0.1, 0.15) is 5.69 Å². The van der Waals surface area contributed by atoms with Crippen LogP contribution in [0, 0.1) is 10.1 Å². The molecule has 22 heavy (non-hydrogen) atoms. The second-order valence-corrected chi connectivity index (χ2v) is 5.12. The molecule has 8 heteroatoms. The summed E-state index contributed by atoms with van der Waals surface area (Å²) in [6.07, 6.45) is -0.674. The van der Waals surface area contributed by atoms with Gasteiger partial charge >= 0.3 is 0 Å². The molecule has 1 amide bonds. The fourth-order valence-corrected chi connectivity index (χ4v) is 2.23. The summed E-state index contributed by atoms with van der Waals surface area (Å²) >= 11 is 0. The van der Waals surface area contributed by atoms with Crippen LogP contribution >= 0.6 is 0 Å². The van der Waals surface area contributed by atoms with Crippen molar-refractivity contribution in [2.24, 2.45) is 0 Å². The molecule has 1 heterocycles. The Kier molecular flexibility index (Phi) is 5.29. The van der Waals surface area contributed by atoms with E-state index in [0.717, 1.165) is 0 Å². The number of carbonyl (C=O) groups excluding carboxylic acids is 1. The Morgan fingerprint density at radius 2 is 2.18 bits per heavy atom. The number of hydrogen-bond acceptors (Lipinski definition) is 6. The number of aliphatic hydroxyl groups excluding tert-OH is 1. The van der Waals surface area contributed by atoms with Crippen LogP contribution in [0.1, 0.15) is 17.3 Å². The van der Waals surface area contributed by atoms with Crippen molar-refractivity contribution in [2.75, 3.05) is 37.7 Å². The van der Waals surface area contributed by atoms with Crippen molar-refractivity contribution in [3.8, 4) is 0 Å². The van der Waals surface area contributed by atoms with Gasteiger partial charge in [-0.15, -0.1) is 0 Å². The molecule has 0 aromatic heterocycles. The van der Waals surface area contributed by atoms with Crippen molar-refractivity contribution < 1.29 is 19.6 Å². The van der Waals surface area contributed by atoms with Gasteiger partial charge in [-0.25, -0.2) is 0 Å². The van der Waals surface area contributed by atoms with Crippen LogP contribution in [-0.4, -0.2) is 54.9 Å². The molecule has 1 aromatic carbocycles. The Labute approximate surface area is 127 Å². The first-order valence-corrected chi connectivity index (χ1v) is 7.06. The van der Waals surface area contributed by atoms with E-state index in [-0.39, 0.29) is 17.8 Å². The van der Waals surface area contributed by atoms with Crippen molar-refractivity contribution >= 4 is 17.3 Å². The standard InChI is InChI=1S/C14H19N3O5/c1-10(18)9-15-14(19)11-2-3-12(13(8-11)17(20)21)16-4-6-22-7-5-16/h2-3,8,10,18H,4-7,9H2,1H3,(H,15,19). The summed E-state index contributed by atoms with van der Waals surface area (Å²) in [4.78, 5) is 24.6. The number of morpholine rings is 1. The number of nitrogens with zero attached hydrogens (tertiary/aromatic N) is 2. The molecule has 1 unspecified atom stereocenters. The number of amides is 1. The number of carbonyl (C=O) groups is 1. The molecular formula is C14H19N3O5. The van der Waals surface area contributed by atoms with Crippen molar-refractivity contribution in [1.29, 1.82) is 0 Å². The summed E-state index contributed by atoms with van der Waals surface area (Å²) in [6.45, 7) is 3.84. The lowest BCUT2D eigenvalue weighted by Gasteiger charge is -2.28. The number of aliphatic hydroxyl groups is 1. The second kappa shape index (κ2) is 7.19. The SMILES string of the molecule is CC(O)CNC(=O)c1ccc(N2CCOCC2)c([N+](=O)[O-])c1. The maximum atomic E-state index is 11.9. The first-order valence-electron chi connectivity index (χ1n) is 7.06. The minimum Gasteiger partial charge on any atom is -0.392 e. The Balaban J connectivity index is 2.22. The fourth-order valence-electron chi connectivity index (χ4n) is 2.23. The molecule has 0 saturated carbocycles. The molecule has 0 spiro atoms. The lowest BCUT2D eigenvalue weighted by Crippen LogP contribution is -2.36. The average Bonchev–Trinajstić information content (AvgIpc) is 2.52. The van der Waals surface area contributed by atoms with E-state index in [1.165, 1.54) is 6.07 Å². The molecule has 1 aliphatic heterocycles. The summed E-state index contributed by atoms with van der Waals surface area (Å²) in [5.74, 6) is -0.447. The van der Waals surface area contributed by atoms with Gasteiger partial charge in [-0.05, 0) is 19.1 Å². The lowest BCUT2D eigenvalue weighted by molar-refractivity contribution is -0.384. The Morgan fingerprint density at radius 3 is 2.77 bits per heavy atom. The smallest absolute Gasteiger partial charge is 0.293 e. The number of hydrogen-bond donors (Lipinski definition) is 2. The highest BCUT2D eigenvalue weighted by molar-refractivity contribution is 5.95. The fraction of sp³-hybridized carbons (Fsp3) is 0.500. The minimum atomic E-state index is -0.674. The maximum absolute atomic E-state index is 11.9. The number of nitro benzene ring substituents is 1. The van der Waals surface area contributed by atoms with Gasteiger partial charge in [0.25, 0.3) is 11.6 Å². The first kappa shape index (κ1) is 16.2. The quantitative estimate of drug-likeness (QED) is 0.607. The number of anilines is 1. The van der Waals surface area contributed by atoms with Gasteiger partial charge in [0.2, 0.25) is 0 Å². The van der Waals surface area contributed by atoms with E-state index in [4.69, 9.17) is 9.84 Å². The Hall–Kier alpha value is -2.19. The van der Waals surface area contributed by atoms with Gasteiger partial charge in [-0.3, -0.25) is 14.9 Å². The van der Waals surface area contributed by atoms with Crippen molar-refractivity contribution in [3.05, 3.63) is 33.9 Å². The number of nitro groups is 1. The van der Waals surface area contributed by atoms with Crippen LogP contribution in [0.15, 0.2) is 18.2 Å². The zero-order valence-corrected chi connectivity index (χ0v) is 12.3. The van der Waals surface area contributed by atoms with Crippen LogP contribution in [0.4, 0.5) is 11.4 Å². The highest BCUT2D eigenvalue weighted by atomic mass is 16.6. The molecule has 8 nitrogen and oxygen atoms in total. The van der Waals surface area contributed by atoms with Gasteiger partial charge in [0.05, 0.1) is 24.2 Å². The van der Waals surface area contributed by atoms with E-state index in [1.54, 1.807) is 19.1 Å². The van der Waals surface area contributed by atoms with Crippen LogP contribution in [0.5, 0.6) is 0 Å². The molecule has 120 valence electrons. The van der Waals surface area contributed by atoms with E-state index in [1.807, 2.05) is 4.90 Å². The number of rotatable bonds is 5. The highest BCUT2D eigenvalue weighted by Gasteiger charge is 2.23. The second-order valence-electron chi connectivity index (χ2n) is 5.12. The normalized spacial score (nSPS) is 16.2. The molecule has 0 bridgehead atoms. The van der Waals surface area contributed by atoms with Crippen molar-refractivity contribution in [2.45, 2.75) is 13.0 Å². The van der Waals surface area contributed by atoms with Crippen LogP contribution in [0.25, 0.3) is 0 Å². The van der Waals surface area contributed by atoms with Crippen LogP contribution < -0.4 is 10.2 Å². The summed E-state index contributed by atoms with van der Waals surface area (Å²) in [5.41, 5.74) is 0.580. The third-order valence-electron chi connectivity index (χ3n) is 3.34. The van der Waals surface area contributed by atoms with Crippen LogP contribution in [-0.2, 0) is 4.74 Å². The van der Waals surface area contributed by atoms with E-state index in [9.17, 15) is 14.9 Å². The lowest BCUT2D eigenvalue weighted by atomic mass is 10.1. The topological polar surface area (TPSA) is 105 Å². The number of ether oxygens (including phenoxy) is 1. The molecule has 0 aliphatic carbocycles. The molecule has 1 atom stereocenters. The molecular weight excluding hydrogens is 290 g/mol. The van der Waals surface area contributed by atoms with Gasteiger partial charge in [0, 0.05) is 31.3 Å².